The molecule has 0 aromatic heterocycles. The number of rotatable bonds is 9. The molecule has 0 saturated carbocycles. The average molecular weight is 375 g/mol. The third kappa shape index (κ3) is 5.53. The quantitative estimate of drug-likeness (QED) is 0.639. The van der Waals surface area contributed by atoms with Crippen LogP contribution < -0.4 is 5.32 Å². The number of carbonyl (C=O) groups is 3. The second-order valence-corrected chi connectivity index (χ2v) is 7.56. The monoisotopic (exact) mass is 375 g/mol. The van der Waals surface area contributed by atoms with Crippen molar-refractivity contribution in [2.24, 2.45) is 5.41 Å². The van der Waals surface area contributed by atoms with Gasteiger partial charge in [0.1, 0.15) is 6.54 Å². The van der Waals surface area contributed by atoms with Crippen LogP contribution in [-0.4, -0.2) is 65.5 Å². The molecule has 1 aromatic rings. The summed E-state index contributed by atoms with van der Waals surface area (Å²) in [6.07, 6.45) is 0.700. The van der Waals surface area contributed by atoms with Gasteiger partial charge in [-0.05, 0) is 25.3 Å². The number of nitrogens with one attached hydrogen (secondary N) is 1. The summed E-state index contributed by atoms with van der Waals surface area (Å²) in [5.41, 5.74) is 0.617. The van der Waals surface area contributed by atoms with Gasteiger partial charge in [-0.15, -0.1) is 0 Å². The van der Waals surface area contributed by atoms with Crippen LogP contribution in [0.1, 0.15) is 32.3 Å². The van der Waals surface area contributed by atoms with Crippen LogP contribution in [0.5, 0.6) is 0 Å². The molecule has 0 radical (unpaired) electrons. The molecular weight excluding hydrogens is 346 g/mol. The number of benzene rings is 1. The number of urea groups is 1. The molecule has 2 unspecified atom stereocenters. The van der Waals surface area contributed by atoms with Crippen molar-refractivity contribution in [1.82, 2.24) is 15.1 Å². The van der Waals surface area contributed by atoms with Crippen LogP contribution in [0.15, 0.2) is 30.3 Å². The number of hydrogen-bond donors (Lipinski definition) is 2. The molecule has 1 aromatic carbocycles. The number of carbonyl (C=O) groups excluding carboxylic acids is 3. The fourth-order valence-electron chi connectivity index (χ4n) is 3.10. The van der Waals surface area contributed by atoms with E-state index in [-0.39, 0.29) is 37.4 Å². The van der Waals surface area contributed by atoms with Gasteiger partial charge < -0.3 is 15.3 Å². The number of nitrogens with zero attached hydrogens (tertiary/aromatic N) is 2. The Morgan fingerprint density at radius 1 is 1.30 bits per heavy atom. The van der Waals surface area contributed by atoms with E-state index in [1.807, 2.05) is 37.3 Å². The molecule has 148 valence electrons. The topological polar surface area (TPSA) is 89.9 Å². The molecule has 7 nitrogen and oxygen atoms in total. The SMILES string of the molecule is CC(O)C(C)(CNC(=O)CCCN1C(=O)CN(C)C1=O)Cc1ccccc1. The van der Waals surface area contributed by atoms with E-state index in [1.165, 1.54) is 9.80 Å². The first kappa shape index (κ1) is 20.9. The number of aliphatic hydroxyl groups is 1. The molecule has 27 heavy (non-hydrogen) atoms. The number of aliphatic hydroxyl groups excluding tert-OH is 1. The summed E-state index contributed by atoms with van der Waals surface area (Å²) in [7, 11) is 1.58. The van der Waals surface area contributed by atoms with Gasteiger partial charge in [0.25, 0.3) is 0 Å². The van der Waals surface area contributed by atoms with E-state index in [0.29, 0.717) is 19.4 Å². The van der Waals surface area contributed by atoms with Crippen LogP contribution in [-0.2, 0) is 16.0 Å². The Morgan fingerprint density at radius 3 is 2.52 bits per heavy atom. The van der Waals surface area contributed by atoms with Crippen LogP contribution in [0.25, 0.3) is 0 Å². The van der Waals surface area contributed by atoms with Gasteiger partial charge in [-0.3, -0.25) is 14.5 Å². The standard InChI is InChI=1S/C20H29N3O4/c1-15(24)20(2,12-16-8-5-4-6-9-16)14-21-17(25)10-7-11-23-18(26)13-22(3)19(23)27/h4-6,8-9,15,24H,7,10-14H2,1-3H3,(H,21,25). The van der Waals surface area contributed by atoms with Crippen LogP contribution in [0, 0.1) is 5.41 Å². The molecule has 0 aliphatic carbocycles. The summed E-state index contributed by atoms with van der Waals surface area (Å²) in [6, 6.07) is 9.54. The van der Waals surface area contributed by atoms with Crippen molar-refractivity contribution in [1.29, 1.82) is 0 Å². The highest BCUT2D eigenvalue weighted by molar-refractivity contribution is 6.01. The highest BCUT2D eigenvalue weighted by atomic mass is 16.3. The molecule has 0 bridgehead atoms. The van der Waals surface area contributed by atoms with Crippen LogP contribution in [0.2, 0.25) is 0 Å². The van der Waals surface area contributed by atoms with E-state index in [2.05, 4.69) is 5.32 Å². The minimum Gasteiger partial charge on any atom is -0.393 e. The Morgan fingerprint density at radius 2 is 1.96 bits per heavy atom. The number of hydrogen-bond acceptors (Lipinski definition) is 4. The van der Waals surface area contributed by atoms with Gasteiger partial charge in [0.15, 0.2) is 0 Å². The zero-order valence-corrected chi connectivity index (χ0v) is 16.3. The maximum Gasteiger partial charge on any atom is 0.326 e. The normalized spacial score (nSPS) is 17.8. The Balaban J connectivity index is 1.80. The van der Waals surface area contributed by atoms with Gasteiger partial charge in [-0.25, -0.2) is 4.79 Å². The van der Waals surface area contributed by atoms with Gasteiger partial charge in [0, 0.05) is 32.0 Å². The summed E-state index contributed by atoms with van der Waals surface area (Å²) in [6.45, 7) is 4.37. The van der Waals surface area contributed by atoms with Gasteiger partial charge in [-0.1, -0.05) is 37.3 Å². The van der Waals surface area contributed by atoms with E-state index in [1.54, 1.807) is 14.0 Å². The van der Waals surface area contributed by atoms with Crippen LogP contribution >= 0.6 is 0 Å². The lowest BCUT2D eigenvalue weighted by molar-refractivity contribution is -0.126. The first-order chi connectivity index (χ1) is 12.7. The predicted octanol–water partition coefficient (Wildman–Crippen LogP) is 1.41. The summed E-state index contributed by atoms with van der Waals surface area (Å²) in [5.74, 6) is -0.380. The second kappa shape index (κ2) is 8.99. The Hall–Kier alpha value is -2.41. The van der Waals surface area contributed by atoms with Crippen molar-refractivity contribution in [2.45, 2.75) is 39.2 Å². The molecule has 1 aliphatic rings. The lowest BCUT2D eigenvalue weighted by Gasteiger charge is -2.33. The van der Waals surface area contributed by atoms with E-state index in [9.17, 15) is 19.5 Å². The molecule has 1 aliphatic heterocycles. The minimum absolute atomic E-state index is 0.0945. The lowest BCUT2D eigenvalue weighted by atomic mass is 9.79. The number of amides is 4. The smallest absolute Gasteiger partial charge is 0.326 e. The van der Waals surface area contributed by atoms with E-state index >= 15 is 0 Å². The molecule has 2 atom stereocenters. The minimum atomic E-state index is -0.589. The van der Waals surface area contributed by atoms with Crippen molar-refractivity contribution in [3.05, 3.63) is 35.9 Å². The molecule has 4 amide bonds. The Kier molecular flexibility index (Phi) is 6.96. The molecular formula is C20H29N3O4. The molecule has 1 fully saturated rings. The highest BCUT2D eigenvalue weighted by Gasteiger charge is 2.33. The summed E-state index contributed by atoms with van der Waals surface area (Å²) < 4.78 is 0. The first-order valence-corrected chi connectivity index (χ1v) is 9.27. The second-order valence-electron chi connectivity index (χ2n) is 7.56. The highest BCUT2D eigenvalue weighted by Crippen LogP contribution is 2.26. The molecule has 1 saturated heterocycles. The van der Waals surface area contributed by atoms with Crippen molar-refractivity contribution in [2.75, 3.05) is 26.7 Å². The van der Waals surface area contributed by atoms with Gasteiger partial charge in [0.05, 0.1) is 6.10 Å². The summed E-state index contributed by atoms with van der Waals surface area (Å²) in [5, 5.41) is 13.1. The molecule has 1 heterocycles. The molecule has 2 rings (SSSR count). The van der Waals surface area contributed by atoms with Crippen molar-refractivity contribution in [3.63, 3.8) is 0 Å². The van der Waals surface area contributed by atoms with Crippen molar-refractivity contribution >= 4 is 17.8 Å². The van der Waals surface area contributed by atoms with Gasteiger partial charge in [0.2, 0.25) is 11.8 Å². The first-order valence-electron chi connectivity index (χ1n) is 9.27. The number of likely N-dealkylation sites (N-methyl/N-ethyl adjacent to an activating group) is 1. The maximum atomic E-state index is 12.2. The largest absolute Gasteiger partial charge is 0.393 e. The van der Waals surface area contributed by atoms with Crippen molar-refractivity contribution in [3.8, 4) is 0 Å². The molecule has 7 heteroatoms. The third-order valence-electron chi connectivity index (χ3n) is 5.17. The van der Waals surface area contributed by atoms with Crippen molar-refractivity contribution < 1.29 is 19.5 Å². The third-order valence-corrected chi connectivity index (χ3v) is 5.17. The van der Waals surface area contributed by atoms with Crippen LogP contribution in [0.4, 0.5) is 4.79 Å². The summed E-state index contributed by atoms with van der Waals surface area (Å²) in [4.78, 5) is 38.2. The Labute approximate surface area is 160 Å². The lowest BCUT2D eigenvalue weighted by Crippen LogP contribution is -2.44. The summed E-state index contributed by atoms with van der Waals surface area (Å²) >= 11 is 0. The molecule has 2 N–H and O–H groups in total. The van der Waals surface area contributed by atoms with Gasteiger partial charge in [-0.2, -0.15) is 0 Å². The Bertz CT molecular complexity index is 677. The van der Waals surface area contributed by atoms with Crippen LogP contribution in [0.3, 0.4) is 0 Å². The number of imide groups is 1. The van der Waals surface area contributed by atoms with Gasteiger partial charge >= 0.3 is 6.03 Å². The molecule has 0 spiro atoms. The zero-order chi connectivity index (χ0) is 20.0. The van der Waals surface area contributed by atoms with E-state index in [0.717, 1.165) is 5.56 Å². The van der Waals surface area contributed by atoms with E-state index in [4.69, 9.17) is 0 Å². The fourth-order valence-corrected chi connectivity index (χ4v) is 3.10. The van der Waals surface area contributed by atoms with E-state index < -0.39 is 11.5 Å². The maximum absolute atomic E-state index is 12.2. The predicted molar refractivity (Wildman–Crippen MR) is 102 cm³/mol. The zero-order valence-electron chi connectivity index (χ0n) is 16.3. The fraction of sp³-hybridized carbons (Fsp3) is 0.550. The average Bonchev–Trinajstić information content (AvgIpc) is 2.87.